The van der Waals surface area contributed by atoms with E-state index in [-0.39, 0.29) is 5.54 Å². The molecule has 0 aliphatic carbocycles. The van der Waals surface area contributed by atoms with Crippen LogP contribution in [-0.4, -0.2) is 40.4 Å². The standard InChI is InChI=1S/C13H21N5S2/c1-8-6-19-12(16-8)9-10(14)17-20-11(9)15-7-13(2,3)18(4)5/h6,15H,7H2,1-5H3,(H2,14,17). The molecule has 0 fully saturated rings. The van der Waals surface area contributed by atoms with E-state index in [1.54, 1.807) is 11.3 Å². The Labute approximate surface area is 128 Å². The van der Waals surface area contributed by atoms with Crippen molar-refractivity contribution < 1.29 is 0 Å². The maximum absolute atomic E-state index is 6.00. The van der Waals surface area contributed by atoms with Crippen molar-refractivity contribution in [3.8, 4) is 10.6 Å². The molecule has 0 saturated carbocycles. The van der Waals surface area contributed by atoms with E-state index in [4.69, 9.17) is 5.73 Å². The zero-order chi connectivity index (χ0) is 14.9. The Morgan fingerprint density at radius 3 is 2.65 bits per heavy atom. The summed E-state index contributed by atoms with van der Waals surface area (Å²) in [6.07, 6.45) is 0. The highest BCUT2D eigenvalue weighted by Gasteiger charge is 2.23. The van der Waals surface area contributed by atoms with Crippen molar-refractivity contribution in [3.63, 3.8) is 0 Å². The molecule has 2 aromatic rings. The number of anilines is 2. The van der Waals surface area contributed by atoms with Crippen LogP contribution in [0.15, 0.2) is 5.38 Å². The van der Waals surface area contributed by atoms with Gasteiger partial charge in [0.05, 0.1) is 5.56 Å². The molecule has 2 heterocycles. The van der Waals surface area contributed by atoms with Gasteiger partial charge in [0.15, 0.2) is 0 Å². The Morgan fingerprint density at radius 2 is 2.10 bits per heavy atom. The van der Waals surface area contributed by atoms with Gasteiger partial charge < -0.3 is 16.0 Å². The fourth-order valence-corrected chi connectivity index (χ4v) is 3.18. The molecule has 0 aliphatic rings. The third-order valence-electron chi connectivity index (χ3n) is 3.44. The van der Waals surface area contributed by atoms with Gasteiger partial charge in [-0.05, 0) is 46.4 Å². The Hall–Kier alpha value is -1.18. The molecule has 0 radical (unpaired) electrons. The third kappa shape index (κ3) is 3.11. The van der Waals surface area contributed by atoms with Gasteiger partial charge in [-0.1, -0.05) is 0 Å². The highest BCUT2D eigenvalue weighted by Crippen LogP contribution is 2.38. The fourth-order valence-electron chi connectivity index (χ4n) is 1.55. The van der Waals surface area contributed by atoms with Gasteiger partial charge in [-0.25, -0.2) is 4.98 Å². The number of hydrogen-bond acceptors (Lipinski definition) is 7. The topological polar surface area (TPSA) is 67.1 Å². The number of nitrogen functional groups attached to an aromatic ring is 1. The number of aryl methyl sites for hydroxylation is 1. The van der Waals surface area contributed by atoms with Crippen LogP contribution < -0.4 is 11.1 Å². The second kappa shape index (κ2) is 5.67. The van der Waals surface area contributed by atoms with Crippen molar-refractivity contribution in [2.45, 2.75) is 26.3 Å². The van der Waals surface area contributed by atoms with Crippen LogP contribution in [0.4, 0.5) is 10.8 Å². The molecular formula is C13H21N5S2. The first kappa shape index (κ1) is 15.2. The molecule has 2 aromatic heterocycles. The normalized spacial score (nSPS) is 12.1. The summed E-state index contributed by atoms with van der Waals surface area (Å²) in [4.78, 5) is 6.70. The van der Waals surface area contributed by atoms with E-state index in [0.717, 1.165) is 27.8 Å². The number of nitrogens with two attached hydrogens (primary N) is 1. The van der Waals surface area contributed by atoms with Crippen LogP contribution in [0, 0.1) is 6.92 Å². The molecule has 20 heavy (non-hydrogen) atoms. The number of hydrogen-bond donors (Lipinski definition) is 2. The molecule has 110 valence electrons. The van der Waals surface area contributed by atoms with Crippen molar-refractivity contribution in [1.82, 2.24) is 14.3 Å². The Bertz CT molecular complexity index is 585. The second-order valence-electron chi connectivity index (χ2n) is 5.63. The summed E-state index contributed by atoms with van der Waals surface area (Å²) in [5, 5.41) is 7.41. The van der Waals surface area contributed by atoms with Gasteiger partial charge in [0.1, 0.15) is 15.8 Å². The van der Waals surface area contributed by atoms with Crippen molar-refractivity contribution in [3.05, 3.63) is 11.1 Å². The molecule has 0 spiro atoms. The predicted octanol–water partition coefficient (Wildman–Crippen LogP) is 2.91. The first-order chi connectivity index (χ1) is 9.31. The fraction of sp³-hybridized carbons (Fsp3) is 0.538. The smallest absolute Gasteiger partial charge is 0.149 e. The summed E-state index contributed by atoms with van der Waals surface area (Å²) in [5.41, 5.74) is 7.99. The zero-order valence-corrected chi connectivity index (χ0v) is 14.2. The average Bonchev–Trinajstić information content (AvgIpc) is 2.93. The molecule has 5 nitrogen and oxygen atoms in total. The molecule has 0 aromatic carbocycles. The maximum atomic E-state index is 6.00. The van der Waals surface area contributed by atoms with Crippen LogP contribution >= 0.6 is 22.9 Å². The number of nitrogens with zero attached hydrogens (tertiary/aromatic N) is 3. The van der Waals surface area contributed by atoms with Gasteiger partial charge in [-0.15, -0.1) is 11.3 Å². The minimum atomic E-state index is 0.0504. The quantitative estimate of drug-likeness (QED) is 0.888. The Morgan fingerprint density at radius 1 is 1.40 bits per heavy atom. The highest BCUT2D eigenvalue weighted by atomic mass is 32.1. The van der Waals surface area contributed by atoms with Gasteiger partial charge in [0.2, 0.25) is 0 Å². The van der Waals surface area contributed by atoms with Gasteiger partial charge in [-0.3, -0.25) is 0 Å². The van der Waals surface area contributed by atoms with Crippen LogP contribution in [0.1, 0.15) is 19.5 Å². The lowest BCUT2D eigenvalue weighted by Crippen LogP contribution is -2.44. The number of nitrogens with one attached hydrogen (secondary N) is 1. The van der Waals surface area contributed by atoms with Gasteiger partial charge >= 0.3 is 0 Å². The molecule has 0 saturated heterocycles. The van der Waals surface area contributed by atoms with E-state index < -0.39 is 0 Å². The molecule has 2 rings (SSSR count). The lowest BCUT2D eigenvalue weighted by atomic mass is 10.0. The Balaban J connectivity index is 2.22. The summed E-state index contributed by atoms with van der Waals surface area (Å²) in [7, 11) is 4.15. The van der Waals surface area contributed by atoms with Crippen LogP contribution in [0.25, 0.3) is 10.6 Å². The van der Waals surface area contributed by atoms with Crippen LogP contribution in [0.3, 0.4) is 0 Å². The van der Waals surface area contributed by atoms with Crippen molar-refractivity contribution in [2.75, 3.05) is 31.7 Å². The van der Waals surface area contributed by atoms with E-state index in [1.165, 1.54) is 11.5 Å². The predicted molar refractivity (Wildman–Crippen MR) is 88.6 cm³/mol. The number of rotatable bonds is 5. The third-order valence-corrected chi connectivity index (χ3v) is 5.24. The summed E-state index contributed by atoms with van der Waals surface area (Å²) < 4.78 is 4.26. The van der Waals surface area contributed by atoms with Crippen molar-refractivity contribution in [2.24, 2.45) is 0 Å². The zero-order valence-electron chi connectivity index (χ0n) is 12.5. The van der Waals surface area contributed by atoms with Crippen LogP contribution in [0.2, 0.25) is 0 Å². The second-order valence-corrected chi connectivity index (χ2v) is 7.26. The lowest BCUT2D eigenvalue weighted by molar-refractivity contribution is 0.210. The van der Waals surface area contributed by atoms with Gasteiger partial charge in [0, 0.05) is 23.2 Å². The molecule has 0 bridgehead atoms. The maximum Gasteiger partial charge on any atom is 0.149 e. The SMILES string of the molecule is Cc1csc(-c2c(N)nsc2NCC(C)(C)N(C)C)n1. The van der Waals surface area contributed by atoms with E-state index in [0.29, 0.717) is 5.82 Å². The summed E-state index contributed by atoms with van der Waals surface area (Å²) in [6, 6.07) is 0. The Kier molecular flexibility index (Phi) is 4.31. The van der Waals surface area contributed by atoms with E-state index in [1.807, 2.05) is 12.3 Å². The molecular weight excluding hydrogens is 290 g/mol. The summed E-state index contributed by atoms with van der Waals surface area (Å²) >= 11 is 3.00. The van der Waals surface area contributed by atoms with Crippen molar-refractivity contribution >= 4 is 33.7 Å². The summed E-state index contributed by atoms with van der Waals surface area (Å²) in [5.74, 6) is 0.550. The van der Waals surface area contributed by atoms with Crippen LogP contribution in [-0.2, 0) is 0 Å². The molecule has 0 unspecified atom stereocenters. The highest BCUT2D eigenvalue weighted by molar-refractivity contribution is 7.15. The molecule has 0 amide bonds. The van der Waals surface area contributed by atoms with Gasteiger partial charge in [-0.2, -0.15) is 4.37 Å². The number of likely N-dealkylation sites (N-methyl/N-ethyl adjacent to an activating group) is 1. The number of aromatic nitrogens is 2. The molecule has 0 atom stereocenters. The first-order valence-corrected chi connectivity index (χ1v) is 8.05. The average molecular weight is 311 g/mol. The first-order valence-electron chi connectivity index (χ1n) is 6.40. The van der Waals surface area contributed by atoms with Gasteiger partial charge in [0.25, 0.3) is 0 Å². The van der Waals surface area contributed by atoms with Crippen LogP contribution in [0.5, 0.6) is 0 Å². The number of thiazole rings is 1. The summed E-state index contributed by atoms with van der Waals surface area (Å²) in [6.45, 7) is 7.19. The minimum Gasteiger partial charge on any atom is -0.382 e. The van der Waals surface area contributed by atoms with E-state index >= 15 is 0 Å². The molecule has 0 aliphatic heterocycles. The molecule has 3 N–H and O–H groups in total. The minimum absolute atomic E-state index is 0.0504. The lowest BCUT2D eigenvalue weighted by Gasteiger charge is -2.32. The van der Waals surface area contributed by atoms with E-state index in [9.17, 15) is 0 Å². The monoisotopic (exact) mass is 311 g/mol. The largest absolute Gasteiger partial charge is 0.382 e. The molecule has 7 heteroatoms. The van der Waals surface area contributed by atoms with Crippen molar-refractivity contribution in [1.29, 1.82) is 0 Å². The van der Waals surface area contributed by atoms with E-state index in [2.05, 4.69) is 47.5 Å².